The number of ketones is 2. The van der Waals surface area contributed by atoms with E-state index < -0.39 is 5.41 Å². The van der Waals surface area contributed by atoms with Crippen molar-refractivity contribution >= 4 is 17.7 Å². The standard InChI is InChI=1S/C36H56N2O4/c1-10-32(4,5)16-17-33(6,14-12-20-42-31(41)38-11-2)18-19-34(7)23-27(39)21-29-35(8)22-26(24-37)30(40)25(3)28(35)13-15-36(29,34)9/h21-22,25,28H,10-20,23H2,1-9H3,(H,38,41)/t25-,28-,33-,34+,35-,36+/m0/s1. The maximum Gasteiger partial charge on any atom is 0.407 e. The van der Waals surface area contributed by atoms with Gasteiger partial charge in [0.2, 0.25) is 0 Å². The molecule has 0 saturated heterocycles. The quantitative estimate of drug-likeness (QED) is 0.233. The van der Waals surface area contributed by atoms with Crippen LogP contribution in [0.5, 0.6) is 0 Å². The van der Waals surface area contributed by atoms with Crippen LogP contribution in [0, 0.1) is 50.2 Å². The Hall–Kier alpha value is -2.42. The first-order chi connectivity index (χ1) is 19.5. The zero-order chi connectivity index (χ0) is 31.6. The molecule has 0 radical (unpaired) electrons. The number of nitriles is 1. The number of Topliss-reactive ketones (excluding diaryl/α,β-unsaturated/α-hetero) is 1. The first-order valence-electron chi connectivity index (χ1n) is 16.3. The molecule has 6 nitrogen and oxygen atoms in total. The zero-order valence-electron chi connectivity index (χ0n) is 27.9. The van der Waals surface area contributed by atoms with E-state index in [9.17, 15) is 19.6 Å². The molecule has 0 aromatic heterocycles. The molecule has 0 aromatic rings. The first kappa shape index (κ1) is 34.1. The molecule has 234 valence electrons. The fraction of sp³-hybridized carbons (Fsp3) is 0.778. The number of allylic oxidation sites excluding steroid dienone is 4. The van der Waals surface area contributed by atoms with E-state index in [2.05, 4.69) is 59.9 Å². The number of nitrogens with zero attached hydrogens (tertiary/aromatic N) is 1. The van der Waals surface area contributed by atoms with Gasteiger partial charge in [-0.05, 0) is 91.9 Å². The molecule has 6 atom stereocenters. The SMILES string of the molecule is CCNC(=O)OCCC[C@@](C)(CCC(C)(C)CC)CC[C@]1(C)CC(=O)C=C2[C@@]3(C)C=C(C#N)C(=O)[C@@H](C)[C@@H]3CC[C@]21C. The van der Waals surface area contributed by atoms with Gasteiger partial charge < -0.3 is 10.1 Å². The van der Waals surface area contributed by atoms with E-state index in [1.54, 1.807) is 0 Å². The van der Waals surface area contributed by atoms with E-state index in [0.29, 0.717) is 19.6 Å². The van der Waals surface area contributed by atoms with Crippen LogP contribution in [0.1, 0.15) is 127 Å². The van der Waals surface area contributed by atoms with Gasteiger partial charge in [-0.3, -0.25) is 9.59 Å². The molecule has 0 aromatic carbocycles. The van der Waals surface area contributed by atoms with E-state index in [0.717, 1.165) is 63.4 Å². The van der Waals surface area contributed by atoms with Gasteiger partial charge in [-0.25, -0.2) is 4.79 Å². The summed E-state index contributed by atoms with van der Waals surface area (Å²) in [7, 11) is 0. The third-order valence-corrected chi connectivity index (χ3v) is 12.1. The van der Waals surface area contributed by atoms with Gasteiger partial charge in [0.15, 0.2) is 11.6 Å². The van der Waals surface area contributed by atoms with Crippen molar-refractivity contribution in [2.75, 3.05) is 13.2 Å². The minimum Gasteiger partial charge on any atom is -0.450 e. The maximum atomic E-state index is 13.5. The van der Waals surface area contributed by atoms with Crippen LogP contribution in [0.2, 0.25) is 0 Å². The predicted molar refractivity (Wildman–Crippen MR) is 168 cm³/mol. The lowest BCUT2D eigenvalue weighted by Gasteiger charge is -2.61. The number of hydrogen-bond acceptors (Lipinski definition) is 5. The van der Waals surface area contributed by atoms with Crippen molar-refractivity contribution in [3.8, 4) is 6.07 Å². The van der Waals surface area contributed by atoms with Gasteiger partial charge in [-0.1, -0.05) is 73.5 Å². The van der Waals surface area contributed by atoms with E-state index >= 15 is 0 Å². The second-order valence-corrected chi connectivity index (χ2v) is 15.4. The minimum atomic E-state index is -0.479. The second-order valence-electron chi connectivity index (χ2n) is 15.4. The predicted octanol–water partition coefficient (Wildman–Crippen LogP) is 8.51. The summed E-state index contributed by atoms with van der Waals surface area (Å²) in [6.45, 7) is 20.9. The highest BCUT2D eigenvalue weighted by molar-refractivity contribution is 6.02. The zero-order valence-corrected chi connectivity index (χ0v) is 27.9. The molecule has 6 heteroatoms. The van der Waals surface area contributed by atoms with Crippen LogP contribution in [0.3, 0.4) is 0 Å². The van der Waals surface area contributed by atoms with Crippen molar-refractivity contribution in [1.29, 1.82) is 5.26 Å². The lowest BCUT2D eigenvalue weighted by atomic mass is 9.42. The maximum absolute atomic E-state index is 13.5. The van der Waals surface area contributed by atoms with Gasteiger partial charge >= 0.3 is 6.09 Å². The van der Waals surface area contributed by atoms with Gasteiger partial charge in [0.05, 0.1) is 12.2 Å². The summed E-state index contributed by atoms with van der Waals surface area (Å²) < 4.78 is 5.40. The Morgan fingerprint density at radius 1 is 1.12 bits per heavy atom. The Kier molecular flexibility index (Phi) is 10.3. The number of amides is 1. The highest BCUT2D eigenvalue weighted by Crippen LogP contribution is 2.67. The van der Waals surface area contributed by atoms with Crippen LogP contribution in [-0.2, 0) is 14.3 Å². The smallest absolute Gasteiger partial charge is 0.407 e. The van der Waals surface area contributed by atoms with E-state index in [1.807, 2.05) is 26.0 Å². The third kappa shape index (κ3) is 6.71. The Morgan fingerprint density at radius 3 is 2.43 bits per heavy atom. The lowest BCUT2D eigenvalue weighted by molar-refractivity contribution is -0.126. The number of ether oxygens (including phenoxy) is 1. The number of carbonyl (C=O) groups excluding carboxylic acids is 3. The van der Waals surface area contributed by atoms with Gasteiger partial charge in [0, 0.05) is 24.3 Å². The molecule has 0 bridgehead atoms. The summed E-state index contributed by atoms with van der Waals surface area (Å²) in [6, 6.07) is 2.16. The summed E-state index contributed by atoms with van der Waals surface area (Å²) in [5.41, 5.74) is 0.780. The molecule has 0 unspecified atom stereocenters. The van der Waals surface area contributed by atoms with Crippen LogP contribution in [0.15, 0.2) is 23.3 Å². The fourth-order valence-corrected chi connectivity index (χ4v) is 8.24. The fourth-order valence-electron chi connectivity index (χ4n) is 8.24. The molecule has 3 aliphatic carbocycles. The Labute approximate surface area is 255 Å². The molecule has 1 saturated carbocycles. The van der Waals surface area contributed by atoms with Crippen molar-refractivity contribution in [2.45, 2.75) is 127 Å². The topological polar surface area (TPSA) is 96.3 Å². The van der Waals surface area contributed by atoms with Crippen LogP contribution >= 0.6 is 0 Å². The number of rotatable bonds is 12. The Morgan fingerprint density at radius 2 is 1.81 bits per heavy atom. The Balaban J connectivity index is 1.88. The number of alkyl carbamates (subject to hydrolysis) is 1. The van der Waals surface area contributed by atoms with Crippen LogP contribution in [0.25, 0.3) is 0 Å². The molecule has 1 amide bonds. The largest absolute Gasteiger partial charge is 0.450 e. The van der Waals surface area contributed by atoms with Crippen LogP contribution < -0.4 is 5.32 Å². The average molecular weight is 581 g/mol. The number of carbonyl (C=O) groups is 3. The summed E-state index contributed by atoms with van der Waals surface area (Å²) in [6.07, 6.45) is 12.8. The summed E-state index contributed by atoms with van der Waals surface area (Å²) in [5, 5.41) is 12.5. The number of fused-ring (bicyclic) bond motifs is 3. The molecule has 42 heavy (non-hydrogen) atoms. The third-order valence-electron chi connectivity index (χ3n) is 12.1. The minimum absolute atomic E-state index is 0.0571. The normalized spacial score (nSPS) is 32.5. The van der Waals surface area contributed by atoms with Crippen molar-refractivity contribution in [2.24, 2.45) is 38.9 Å². The van der Waals surface area contributed by atoms with E-state index in [1.165, 1.54) is 0 Å². The van der Waals surface area contributed by atoms with Crippen molar-refractivity contribution in [3.63, 3.8) is 0 Å². The van der Waals surface area contributed by atoms with Crippen molar-refractivity contribution in [3.05, 3.63) is 23.3 Å². The van der Waals surface area contributed by atoms with E-state index in [4.69, 9.17) is 4.74 Å². The van der Waals surface area contributed by atoms with E-state index in [-0.39, 0.29) is 56.7 Å². The monoisotopic (exact) mass is 580 g/mol. The average Bonchev–Trinajstić information content (AvgIpc) is 2.93. The molecular weight excluding hydrogens is 524 g/mol. The highest BCUT2D eigenvalue weighted by Gasteiger charge is 2.61. The van der Waals surface area contributed by atoms with Gasteiger partial charge in [0.1, 0.15) is 6.07 Å². The molecule has 0 spiro atoms. The highest BCUT2D eigenvalue weighted by atomic mass is 16.5. The molecule has 0 aliphatic heterocycles. The number of nitrogens with one attached hydrogen (secondary N) is 1. The first-order valence-corrected chi connectivity index (χ1v) is 16.3. The summed E-state index contributed by atoms with van der Waals surface area (Å²) in [4.78, 5) is 38.2. The summed E-state index contributed by atoms with van der Waals surface area (Å²) in [5.74, 6) is -0.0262. The molecular formula is C36H56N2O4. The molecule has 0 heterocycles. The lowest BCUT2D eigenvalue weighted by Crippen LogP contribution is -2.55. The van der Waals surface area contributed by atoms with Crippen LogP contribution in [-0.4, -0.2) is 30.8 Å². The molecule has 3 aliphatic rings. The molecule has 3 rings (SSSR count). The van der Waals surface area contributed by atoms with Crippen molar-refractivity contribution in [1.82, 2.24) is 5.32 Å². The Bertz CT molecular complexity index is 1160. The van der Waals surface area contributed by atoms with Gasteiger partial charge in [0.25, 0.3) is 0 Å². The second kappa shape index (κ2) is 12.7. The van der Waals surface area contributed by atoms with Gasteiger partial charge in [-0.15, -0.1) is 0 Å². The number of hydrogen-bond donors (Lipinski definition) is 1. The van der Waals surface area contributed by atoms with Crippen molar-refractivity contribution < 1.29 is 19.1 Å². The van der Waals surface area contributed by atoms with Crippen LogP contribution in [0.4, 0.5) is 4.79 Å². The van der Waals surface area contributed by atoms with Gasteiger partial charge in [-0.2, -0.15) is 5.26 Å². The summed E-state index contributed by atoms with van der Waals surface area (Å²) >= 11 is 0. The molecule has 1 fully saturated rings. The molecule has 1 N–H and O–H groups in total.